The number of carbonyl (C=O) groups is 20. The number of hydrogen-bond acceptors (Lipinski definition) is 29. The molecule has 0 radical (unpaired) electrons. The fourth-order valence-electron chi connectivity index (χ4n) is 14.3. The Balaban J connectivity index is 0.000000509. The van der Waals surface area contributed by atoms with Gasteiger partial charge in [0.25, 0.3) is 47.3 Å². The molecule has 19 N–H and O–H groups in total. The van der Waals surface area contributed by atoms with Crippen molar-refractivity contribution in [3.05, 3.63) is 212 Å². The van der Waals surface area contributed by atoms with Gasteiger partial charge in [0, 0.05) is 151 Å². The molecule has 0 bridgehead atoms. The first-order valence-corrected chi connectivity index (χ1v) is 39.4. The van der Waals surface area contributed by atoms with Crippen LogP contribution >= 0.6 is 0 Å². The maximum Gasteiger partial charge on any atom is 0.303 e. The van der Waals surface area contributed by atoms with Crippen LogP contribution in [0.4, 0.5) is 0 Å². The third-order valence-electron chi connectivity index (χ3n) is 19.9. The number of nitrogens with one attached hydrogen (secondary N) is 4. The van der Waals surface area contributed by atoms with Gasteiger partial charge in [-0.25, -0.2) is 0 Å². The molecular weight excluding hydrogens is 1710 g/mol. The van der Waals surface area contributed by atoms with E-state index in [4.69, 9.17) is 67.6 Å². The zero-order valence-electron chi connectivity index (χ0n) is 72.6. The summed E-state index contributed by atoms with van der Waals surface area (Å²) in [6, 6.07) is 37.1. The summed E-state index contributed by atoms with van der Waals surface area (Å²) in [5.41, 5.74) is 17.7. The number of aliphatic hydroxyl groups excluding tert-OH is 9. The summed E-state index contributed by atoms with van der Waals surface area (Å²) in [7, 11) is 9.00. The molecule has 6 atom stereocenters. The van der Waals surface area contributed by atoms with Crippen LogP contribution in [-0.2, 0) is 83.7 Å². The van der Waals surface area contributed by atoms with E-state index < -0.39 is 95.4 Å². The van der Waals surface area contributed by atoms with Gasteiger partial charge < -0.3 is 87.2 Å². The van der Waals surface area contributed by atoms with Gasteiger partial charge in [-0.1, -0.05) is 97.1 Å². The summed E-state index contributed by atoms with van der Waals surface area (Å²) in [5, 5.41) is 89.2. The van der Waals surface area contributed by atoms with Gasteiger partial charge in [-0.15, -0.1) is 0 Å². The Hall–Kier alpha value is -14.4. The number of carboxylic acid groups (broad SMARTS) is 2. The standard InChI is InChI=1S/2C13H10N2O4.2C13H14N2O4.2C13H12N2O3.9CH4O/c2*16-10-6-5-9(11(17)14-10)15-12(18)7-3-1-2-4-8(7)13(15)19;2*14-12(18)10(5-6-11(16)17)15-7-8-3-1-2-4-9(8)13(15)19;2*16-11-6-5-10(12(17)14-11)15-7-8-3-1-2-4-9(8)13(15)18;9*1-2/h2*1-4,9H,5-6H2,(H,14,16,17);2*1-4,10H,5-7H2,(H2,14,18)(H,16,17);2*1-4,10H,5-7H2,(H,14,16,17);9*2H,1H3. The number of aliphatic carboxylic acids is 2. The monoisotopic (exact) mass is 1820 g/mol. The molecule has 18 amide bonds. The Morgan fingerprint density at radius 2 is 0.492 bits per heavy atom. The first kappa shape index (κ1) is 112. The van der Waals surface area contributed by atoms with E-state index in [-0.39, 0.29) is 123 Å². The number of piperidine rings is 4. The van der Waals surface area contributed by atoms with E-state index in [9.17, 15) is 95.9 Å². The first-order valence-electron chi connectivity index (χ1n) is 39.4. The fraction of sp³-hybridized carbons (Fsp3) is 0.356. The fourth-order valence-corrected chi connectivity index (χ4v) is 14.3. The number of imide groups is 6. The van der Waals surface area contributed by atoms with Crippen LogP contribution in [0.2, 0.25) is 0 Å². The molecule has 10 aliphatic heterocycles. The van der Waals surface area contributed by atoms with Crippen LogP contribution < -0.4 is 32.7 Å². The average molecular weight is 1820 g/mol. The predicted molar refractivity (Wildman–Crippen MR) is 457 cm³/mol. The second-order valence-corrected chi connectivity index (χ2v) is 27.0. The van der Waals surface area contributed by atoms with E-state index in [0.717, 1.165) is 96.0 Å². The minimum Gasteiger partial charge on any atom is -0.481 e. The molecule has 10 heterocycles. The summed E-state index contributed by atoms with van der Waals surface area (Å²) < 4.78 is 0. The van der Waals surface area contributed by atoms with Crippen molar-refractivity contribution in [1.29, 1.82) is 0 Å². The van der Waals surface area contributed by atoms with Crippen LogP contribution in [0.15, 0.2) is 146 Å². The van der Waals surface area contributed by atoms with Gasteiger partial charge >= 0.3 is 11.9 Å². The minimum atomic E-state index is -1.02. The normalized spacial score (nSPS) is 17.8. The topological polar surface area (TPSA) is 684 Å². The summed E-state index contributed by atoms with van der Waals surface area (Å²) in [6.45, 7) is 1.48. The molecule has 130 heavy (non-hydrogen) atoms. The van der Waals surface area contributed by atoms with Crippen LogP contribution in [-0.4, -0.2) is 304 Å². The number of aliphatic hydroxyl groups is 9. The quantitative estimate of drug-likeness (QED) is 0.0539. The largest absolute Gasteiger partial charge is 0.481 e. The molecule has 0 saturated carbocycles. The Labute approximate surface area is 745 Å². The van der Waals surface area contributed by atoms with Crippen LogP contribution in [0.5, 0.6) is 0 Å². The maximum atomic E-state index is 12.2. The molecule has 43 heteroatoms. The molecule has 16 rings (SSSR count). The van der Waals surface area contributed by atoms with Crippen molar-refractivity contribution in [2.24, 2.45) is 11.5 Å². The third-order valence-corrected chi connectivity index (χ3v) is 19.9. The summed E-state index contributed by atoms with van der Waals surface area (Å²) in [5.74, 6) is -9.30. The number of rotatable bonds is 14. The highest BCUT2D eigenvalue weighted by Gasteiger charge is 2.48. The van der Waals surface area contributed by atoms with Crippen molar-refractivity contribution in [1.82, 2.24) is 50.7 Å². The van der Waals surface area contributed by atoms with Crippen LogP contribution in [0.1, 0.15) is 182 Å². The Bertz CT molecular complexity index is 4670. The van der Waals surface area contributed by atoms with Crippen LogP contribution in [0.3, 0.4) is 0 Å². The average Bonchev–Trinajstić information content (AvgIpc) is 1.61. The highest BCUT2D eigenvalue weighted by molar-refractivity contribution is 6.24. The lowest BCUT2D eigenvalue weighted by Crippen LogP contribution is -2.54. The highest BCUT2D eigenvalue weighted by atomic mass is 16.4. The van der Waals surface area contributed by atoms with Gasteiger partial charge in [0.1, 0.15) is 36.3 Å². The van der Waals surface area contributed by atoms with Crippen LogP contribution in [0, 0.1) is 0 Å². The maximum absolute atomic E-state index is 12.2. The number of primary amides is 2. The highest BCUT2D eigenvalue weighted by Crippen LogP contribution is 2.33. The van der Waals surface area contributed by atoms with Gasteiger partial charge in [0.2, 0.25) is 59.1 Å². The molecule has 4 fully saturated rings. The zero-order valence-corrected chi connectivity index (χ0v) is 72.6. The molecular formula is C87H108N12O31. The van der Waals surface area contributed by atoms with E-state index in [1.165, 1.54) is 9.80 Å². The van der Waals surface area contributed by atoms with E-state index in [1.54, 1.807) is 94.7 Å². The summed E-state index contributed by atoms with van der Waals surface area (Å²) in [4.78, 5) is 241. The molecule has 4 saturated heterocycles. The van der Waals surface area contributed by atoms with Gasteiger partial charge in [0.05, 0.1) is 22.3 Å². The summed E-state index contributed by atoms with van der Waals surface area (Å²) >= 11 is 0. The number of fused-ring (bicyclic) bond motifs is 6. The number of benzene rings is 6. The number of nitrogens with two attached hydrogens (primary N) is 2. The molecule has 6 aromatic carbocycles. The molecule has 43 nitrogen and oxygen atoms in total. The lowest BCUT2D eigenvalue weighted by atomic mass is 10.0. The van der Waals surface area contributed by atoms with Crippen molar-refractivity contribution in [3.63, 3.8) is 0 Å². The SMILES string of the molecule is CO.CO.CO.CO.CO.CO.CO.CO.CO.NC(=O)C(CCC(=O)O)N1Cc2ccccc2C1=O.NC(=O)C(CCC(=O)O)N1Cc2ccccc2C1=O.O=C1CCC(N2C(=O)c3ccccc3C2=O)C(=O)N1.O=C1CCC(N2C(=O)c3ccccc3C2=O)C(=O)N1.O=C1CCC(N2Cc3ccccc3C2=O)C(=O)N1.O=C1CCC(N2Cc3ccccc3C2=O)C(=O)N1. The number of carbonyl (C=O) groups excluding carboxylic acids is 18. The van der Waals surface area contributed by atoms with Crippen molar-refractivity contribution in [2.45, 2.75) is 139 Å². The van der Waals surface area contributed by atoms with E-state index >= 15 is 0 Å². The number of nitrogens with zero attached hydrogens (tertiary/aromatic N) is 6. The van der Waals surface area contributed by atoms with Gasteiger partial charge in [-0.2, -0.15) is 0 Å². The number of amides is 18. The van der Waals surface area contributed by atoms with Gasteiger partial charge in [0.15, 0.2) is 0 Å². The van der Waals surface area contributed by atoms with Crippen molar-refractivity contribution < 1.29 is 152 Å². The van der Waals surface area contributed by atoms with E-state index in [1.807, 2.05) is 60.7 Å². The molecule has 0 aliphatic carbocycles. The van der Waals surface area contributed by atoms with Crippen LogP contribution in [0.25, 0.3) is 0 Å². The predicted octanol–water partition coefficient (Wildman–Crippen LogP) is -1.73. The Morgan fingerprint density at radius 3 is 0.692 bits per heavy atom. The molecule has 6 aromatic rings. The van der Waals surface area contributed by atoms with Gasteiger partial charge in [-0.05, 0) is 109 Å². The van der Waals surface area contributed by atoms with Crippen molar-refractivity contribution in [2.75, 3.05) is 64.0 Å². The zero-order chi connectivity index (χ0) is 98.5. The number of carboxylic acids is 2. The second-order valence-electron chi connectivity index (χ2n) is 27.0. The lowest BCUT2D eigenvalue weighted by molar-refractivity contribution is -0.138. The first-order chi connectivity index (χ1) is 62.5. The Morgan fingerprint density at radius 1 is 0.292 bits per heavy atom. The van der Waals surface area contributed by atoms with E-state index in [2.05, 4.69) is 21.3 Å². The summed E-state index contributed by atoms with van der Waals surface area (Å²) in [6.07, 6.45) is 1.66. The number of hydrogen-bond donors (Lipinski definition) is 17. The molecule has 0 aromatic heterocycles. The molecule has 10 aliphatic rings. The van der Waals surface area contributed by atoms with Gasteiger partial charge in [-0.3, -0.25) is 127 Å². The smallest absolute Gasteiger partial charge is 0.303 e. The van der Waals surface area contributed by atoms with Crippen molar-refractivity contribution in [3.8, 4) is 0 Å². The minimum absolute atomic E-state index is 0.0321. The van der Waals surface area contributed by atoms with Crippen molar-refractivity contribution >= 4 is 118 Å². The molecule has 0 spiro atoms. The molecule has 6 unspecified atom stereocenters. The lowest BCUT2D eigenvalue weighted by Gasteiger charge is -2.29. The molecule has 702 valence electrons. The third kappa shape index (κ3) is 28.3. The van der Waals surface area contributed by atoms with E-state index in [0.29, 0.717) is 83.5 Å². The second kappa shape index (κ2) is 56.6. The Kier molecular flexibility index (Phi) is 48.6.